The molecular weight excluding hydrogens is 338 g/mol. The fourth-order valence-electron chi connectivity index (χ4n) is 2.79. The molecule has 4 aromatic rings. The smallest absolute Gasteiger partial charge is 0.198 e. The van der Waals surface area contributed by atoms with Crippen molar-refractivity contribution in [3.8, 4) is 5.88 Å². The number of hydrogen-bond acceptors (Lipinski definition) is 5. The maximum atomic E-state index is 10.1. The Morgan fingerprint density at radius 2 is 1.89 bits per heavy atom. The van der Waals surface area contributed by atoms with Crippen LogP contribution in [0.3, 0.4) is 0 Å². The van der Waals surface area contributed by atoms with Gasteiger partial charge in [0.05, 0.1) is 35.4 Å². The van der Waals surface area contributed by atoms with E-state index in [-0.39, 0.29) is 5.88 Å². The lowest BCUT2D eigenvalue weighted by Crippen LogP contribution is -2.02. The molecule has 6 heteroatoms. The first-order chi connectivity index (χ1) is 13.2. The predicted octanol–water partition coefficient (Wildman–Crippen LogP) is 4.33. The summed E-state index contributed by atoms with van der Waals surface area (Å²) < 4.78 is 0. The highest BCUT2D eigenvalue weighted by atomic mass is 16.3. The molecule has 0 amide bonds. The van der Waals surface area contributed by atoms with E-state index in [1.807, 2.05) is 55.5 Å². The van der Waals surface area contributed by atoms with E-state index in [9.17, 15) is 5.11 Å². The van der Waals surface area contributed by atoms with Crippen LogP contribution < -0.4 is 5.32 Å². The van der Waals surface area contributed by atoms with E-state index in [1.54, 1.807) is 18.6 Å². The van der Waals surface area contributed by atoms with E-state index in [2.05, 4.69) is 25.3 Å². The maximum Gasteiger partial charge on any atom is 0.198 e. The third-order valence-electron chi connectivity index (χ3n) is 4.24. The minimum Gasteiger partial charge on any atom is -0.494 e. The third kappa shape index (κ3) is 3.79. The summed E-state index contributed by atoms with van der Waals surface area (Å²) in [4.78, 5) is 16.0. The van der Waals surface area contributed by atoms with Crippen molar-refractivity contribution in [2.45, 2.75) is 13.5 Å². The molecule has 27 heavy (non-hydrogen) atoms. The van der Waals surface area contributed by atoms with Gasteiger partial charge in [0.1, 0.15) is 0 Å². The third-order valence-corrected chi connectivity index (χ3v) is 4.24. The molecule has 2 aromatic heterocycles. The molecule has 0 saturated heterocycles. The quantitative estimate of drug-likeness (QED) is 0.464. The van der Waals surface area contributed by atoms with E-state index in [4.69, 9.17) is 0 Å². The molecule has 0 spiro atoms. The van der Waals surface area contributed by atoms with Gasteiger partial charge in [-0.15, -0.1) is 0 Å². The molecule has 6 nitrogen and oxygen atoms in total. The van der Waals surface area contributed by atoms with E-state index in [0.29, 0.717) is 12.1 Å². The van der Waals surface area contributed by atoms with Gasteiger partial charge in [-0.3, -0.25) is 15.0 Å². The highest BCUT2D eigenvalue weighted by molar-refractivity contribution is 6.02. The van der Waals surface area contributed by atoms with E-state index >= 15 is 0 Å². The van der Waals surface area contributed by atoms with Crippen molar-refractivity contribution in [1.82, 2.24) is 15.0 Å². The molecule has 0 unspecified atom stereocenters. The lowest BCUT2D eigenvalue weighted by molar-refractivity contribution is 0.457. The van der Waals surface area contributed by atoms with Crippen molar-refractivity contribution in [2.24, 2.45) is 4.99 Å². The van der Waals surface area contributed by atoms with Gasteiger partial charge < -0.3 is 15.4 Å². The molecule has 2 aromatic carbocycles. The highest BCUT2D eigenvalue weighted by Crippen LogP contribution is 2.26. The van der Waals surface area contributed by atoms with Crippen molar-refractivity contribution < 1.29 is 5.11 Å². The van der Waals surface area contributed by atoms with Crippen molar-refractivity contribution in [3.63, 3.8) is 0 Å². The summed E-state index contributed by atoms with van der Waals surface area (Å²) in [7, 11) is 0. The summed E-state index contributed by atoms with van der Waals surface area (Å²) in [6.45, 7) is 2.53. The molecule has 3 N–H and O–H groups in total. The average Bonchev–Trinajstić information content (AvgIpc) is 3.02. The highest BCUT2D eigenvalue weighted by Gasteiger charge is 2.07. The molecule has 0 radical (unpaired) electrons. The van der Waals surface area contributed by atoms with Crippen LogP contribution >= 0.6 is 0 Å². The standard InChI is InChI=1S/C21H19N5O/c1-14-10-23-17(11-22-14)12-24-15-6-8-16(9-7-15)25-13-19-18-4-2-3-5-20(18)26-21(19)27/h2-11,13,24,26-27H,12H2,1H3. The molecule has 0 saturated carbocycles. The van der Waals surface area contributed by atoms with Crippen LogP contribution in [0.2, 0.25) is 0 Å². The van der Waals surface area contributed by atoms with Gasteiger partial charge in [-0.1, -0.05) is 18.2 Å². The number of hydrogen-bond donors (Lipinski definition) is 3. The minimum absolute atomic E-state index is 0.123. The van der Waals surface area contributed by atoms with Gasteiger partial charge >= 0.3 is 0 Å². The van der Waals surface area contributed by atoms with Crippen molar-refractivity contribution in [2.75, 3.05) is 5.32 Å². The van der Waals surface area contributed by atoms with Crippen LogP contribution in [0, 0.1) is 6.92 Å². The van der Waals surface area contributed by atoms with Crippen LogP contribution in [0.15, 0.2) is 65.9 Å². The van der Waals surface area contributed by atoms with Crippen molar-refractivity contribution in [3.05, 3.63) is 77.9 Å². The molecule has 0 bridgehead atoms. The van der Waals surface area contributed by atoms with Crippen LogP contribution in [-0.4, -0.2) is 26.3 Å². The molecule has 4 rings (SSSR count). The van der Waals surface area contributed by atoms with Gasteiger partial charge in [-0.05, 0) is 37.3 Å². The number of aliphatic imine (C=N–C) groups is 1. The molecule has 0 aliphatic carbocycles. The maximum absolute atomic E-state index is 10.1. The Balaban J connectivity index is 1.45. The van der Waals surface area contributed by atoms with Gasteiger partial charge in [0, 0.05) is 29.0 Å². The van der Waals surface area contributed by atoms with Gasteiger partial charge in [0.15, 0.2) is 5.88 Å². The summed E-state index contributed by atoms with van der Waals surface area (Å²) >= 11 is 0. The first kappa shape index (κ1) is 16.8. The first-order valence-electron chi connectivity index (χ1n) is 8.64. The second-order valence-corrected chi connectivity index (χ2v) is 6.24. The van der Waals surface area contributed by atoms with Crippen LogP contribution in [0.4, 0.5) is 11.4 Å². The topological polar surface area (TPSA) is 86.2 Å². The first-order valence-corrected chi connectivity index (χ1v) is 8.64. The average molecular weight is 357 g/mol. The van der Waals surface area contributed by atoms with E-state index in [1.165, 1.54) is 0 Å². The molecule has 0 aliphatic rings. The number of aryl methyl sites for hydroxylation is 1. The molecule has 2 heterocycles. The Morgan fingerprint density at radius 1 is 1.07 bits per heavy atom. The number of aromatic hydroxyl groups is 1. The second kappa shape index (κ2) is 7.29. The van der Waals surface area contributed by atoms with Crippen molar-refractivity contribution in [1.29, 1.82) is 0 Å². The number of anilines is 1. The largest absolute Gasteiger partial charge is 0.494 e. The van der Waals surface area contributed by atoms with Gasteiger partial charge in [0.2, 0.25) is 0 Å². The van der Waals surface area contributed by atoms with Crippen LogP contribution in [0.1, 0.15) is 17.0 Å². The van der Waals surface area contributed by atoms with Gasteiger partial charge in [-0.2, -0.15) is 0 Å². The second-order valence-electron chi connectivity index (χ2n) is 6.24. The predicted molar refractivity (Wildman–Crippen MR) is 108 cm³/mol. The SMILES string of the molecule is Cc1cnc(CNc2ccc(N=Cc3c(O)[nH]c4ccccc34)cc2)cn1. The van der Waals surface area contributed by atoms with Crippen molar-refractivity contribution >= 4 is 28.5 Å². The molecular formula is C21H19N5O. The lowest BCUT2D eigenvalue weighted by atomic mass is 10.2. The number of fused-ring (bicyclic) bond motifs is 1. The Bertz CT molecular complexity index is 1080. The Labute approximate surface area is 156 Å². The minimum atomic E-state index is 0.123. The van der Waals surface area contributed by atoms with Gasteiger partial charge in [-0.25, -0.2) is 0 Å². The normalized spacial score (nSPS) is 11.3. The molecule has 0 aliphatic heterocycles. The number of aromatic nitrogens is 3. The number of benzene rings is 2. The summed E-state index contributed by atoms with van der Waals surface area (Å²) in [5.41, 5.74) is 5.15. The van der Waals surface area contributed by atoms with Crippen LogP contribution in [0.25, 0.3) is 10.9 Å². The van der Waals surface area contributed by atoms with Crippen LogP contribution in [0.5, 0.6) is 5.88 Å². The lowest BCUT2D eigenvalue weighted by Gasteiger charge is -2.06. The summed E-state index contributed by atoms with van der Waals surface area (Å²) in [6.07, 6.45) is 5.21. The number of nitrogens with zero attached hydrogens (tertiary/aromatic N) is 3. The number of rotatable bonds is 5. The van der Waals surface area contributed by atoms with E-state index in [0.717, 1.165) is 33.7 Å². The number of para-hydroxylation sites is 1. The van der Waals surface area contributed by atoms with Crippen LogP contribution in [-0.2, 0) is 6.54 Å². The summed E-state index contributed by atoms with van der Waals surface area (Å²) in [5, 5.41) is 14.3. The fraction of sp³-hybridized carbons (Fsp3) is 0.0952. The van der Waals surface area contributed by atoms with E-state index < -0.39 is 0 Å². The summed E-state index contributed by atoms with van der Waals surface area (Å²) in [5.74, 6) is 0.123. The zero-order valence-corrected chi connectivity index (χ0v) is 14.8. The Kier molecular flexibility index (Phi) is 4.53. The number of nitrogens with one attached hydrogen (secondary N) is 2. The number of aromatic amines is 1. The Morgan fingerprint density at radius 3 is 2.67 bits per heavy atom. The molecule has 0 fully saturated rings. The molecule has 0 atom stereocenters. The molecule has 134 valence electrons. The number of H-pyrrole nitrogens is 1. The summed E-state index contributed by atoms with van der Waals surface area (Å²) in [6, 6.07) is 15.5. The van der Waals surface area contributed by atoms with Gasteiger partial charge in [0.25, 0.3) is 0 Å². The zero-order chi connectivity index (χ0) is 18.6. The fourth-order valence-corrected chi connectivity index (χ4v) is 2.79. The zero-order valence-electron chi connectivity index (χ0n) is 14.8. The Hall–Kier alpha value is -3.67. The monoisotopic (exact) mass is 357 g/mol.